The summed E-state index contributed by atoms with van der Waals surface area (Å²) in [5, 5.41) is 0. The fourth-order valence-corrected chi connectivity index (χ4v) is 2.29. The lowest BCUT2D eigenvalue weighted by atomic mass is 10.0. The molecule has 0 aliphatic heterocycles. The van der Waals surface area contributed by atoms with E-state index < -0.39 is 11.4 Å². The molecule has 0 N–H and O–H groups in total. The summed E-state index contributed by atoms with van der Waals surface area (Å²) in [6.07, 6.45) is 0.518. The molecule has 0 heterocycles. The fourth-order valence-electron chi connectivity index (χ4n) is 2.29. The van der Waals surface area contributed by atoms with E-state index in [0.29, 0.717) is 12.0 Å². The molecule has 0 saturated heterocycles. The van der Waals surface area contributed by atoms with Gasteiger partial charge in [-0.25, -0.2) is 9.18 Å². The molecule has 4 heteroatoms. The van der Waals surface area contributed by atoms with E-state index in [1.165, 1.54) is 19.1 Å². The minimum atomic E-state index is -0.536. The second-order valence-electron chi connectivity index (χ2n) is 6.75. The van der Waals surface area contributed by atoms with Crippen molar-refractivity contribution >= 4 is 11.8 Å². The molecule has 0 unspecified atom stereocenters. The van der Waals surface area contributed by atoms with Crippen molar-refractivity contribution in [3.8, 4) is 0 Å². The molecule has 0 aliphatic carbocycles. The van der Waals surface area contributed by atoms with Gasteiger partial charge in [0.15, 0.2) is 5.78 Å². The predicted octanol–water partition coefficient (Wildman–Crippen LogP) is 4.57. The van der Waals surface area contributed by atoms with Crippen molar-refractivity contribution in [2.45, 2.75) is 39.7 Å². The Morgan fingerprint density at radius 2 is 1.58 bits per heavy atom. The number of hydrogen-bond acceptors (Lipinski definition) is 3. The number of ether oxygens (including phenoxy) is 1. The molecule has 0 aliphatic rings. The van der Waals surface area contributed by atoms with Crippen LogP contribution in [0.3, 0.4) is 0 Å². The topological polar surface area (TPSA) is 43.4 Å². The molecule has 0 fully saturated rings. The first-order chi connectivity index (χ1) is 11.2. The van der Waals surface area contributed by atoms with E-state index in [0.717, 1.165) is 11.1 Å². The van der Waals surface area contributed by atoms with Crippen LogP contribution in [0.1, 0.15) is 59.5 Å². The summed E-state index contributed by atoms with van der Waals surface area (Å²) in [6.45, 7) is 6.79. The van der Waals surface area contributed by atoms with E-state index in [-0.39, 0.29) is 17.3 Å². The highest BCUT2D eigenvalue weighted by Crippen LogP contribution is 2.17. The molecule has 2 aromatic rings. The first kappa shape index (κ1) is 17.9. The maximum atomic E-state index is 13.8. The number of Topliss-reactive ketones (excluding diaryl/α,β-unsaturated/α-hetero) is 1. The zero-order chi connectivity index (χ0) is 17.9. The van der Waals surface area contributed by atoms with Crippen molar-refractivity contribution in [3.05, 3.63) is 70.5 Å². The molecule has 2 rings (SSSR count). The lowest BCUT2D eigenvalue weighted by molar-refractivity contribution is 0.00694. The van der Waals surface area contributed by atoms with Crippen LogP contribution in [-0.2, 0) is 11.2 Å². The molecule has 0 amide bonds. The van der Waals surface area contributed by atoms with Gasteiger partial charge in [0.1, 0.15) is 11.4 Å². The summed E-state index contributed by atoms with van der Waals surface area (Å²) in [5.41, 5.74) is 1.75. The maximum absolute atomic E-state index is 13.8. The Morgan fingerprint density at radius 3 is 2.08 bits per heavy atom. The monoisotopic (exact) mass is 328 g/mol. The molecular formula is C20H21FO3. The maximum Gasteiger partial charge on any atom is 0.338 e. The second kappa shape index (κ2) is 6.95. The van der Waals surface area contributed by atoms with Gasteiger partial charge in [-0.1, -0.05) is 18.2 Å². The van der Waals surface area contributed by atoms with Crippen molar-refractivity contribution in [3.63, 3.8) is 0 Å². The van der Waals surface area contributed by atoms with Gasteiger partial charge in [0.25, 0.3) is 0 Å². The van der Waals surface area contributed by atoms with Gasteiger partial charge < -0.3 is 4.74 Å². The standard InChI is InChI=1S/C20H21FO3/c1-13(22)17-10-7-15(12-18(17)21)11-14-5-8-16(9-6-14)19(23)24-20(2,3)4/h5-10,12H,11H2,1-4H3. The molecule has 0 spiro atoms. The van der Waals surface area contributed by atoms with Crippen LogP contribution < -0.4 is 0 Å². The number of carbonyl (C=O) groups excluding carboxylic acids is 2. The van der Waals surface area contributed by atoms with Gasteiger partial charge in [-0.15, -0.1) is 0 Å². The Hall–Kier alpha value is -2.49. The van der Waals surface area contributed by atoms with Crippen LogP contribution in [0.2, 0.25) is 0 Å². The van der Waals surface area contributed by atoms with Crippen LogP contribution in [0.5, 0.6) is 0 Å². The Kier molecular flexibility index (Phi) is 5.17. The third-order valence-corrected chi connectivity index (χ3v) is 3.41. The van der Waals surface area contributed by atoms with Crippen LogP contribution in [0, 0.1) is 5.82 Å². The zero-order valence-corrected chi connectivity index (χ0v) is 14.4. The number of benzene rings is 2. The van der Waals surface area contributed by atoms with E-state index in [2.05, 4.69) is 0 Å². The molecule has 24 heavy (non-hydrogen) atoms. The van der Waals surface area contributed by atoms with E-state index in [1.807, 2.05) is 32.9 Å². The Bertz CT molecular complexity index is 755. The smallest absolute Gasteiger partial charge is 0.338 e. The lowest BCUT2D eigenvalue weighted by Gasteiger charge is -2.19. The normalized spacial score (nSPS) is 11.2. The molecular weight excluding hydrogens is 307 g/mol. The van der Waals surface area contributed by atoms with E-state index in [9.17, 15) is 14.0 Å². The number of halogens is 1. The Labute approximate surface area is 141 Å². The Balaban J connectivity index is 2.10. The predicted molar refractivity (Wildman–Crippen MR) is 90.8 cm³/mol. The molecule has 0 aromatic heterocycles. The van der Waals surface area contributed by atoms with Crippen LogP contribution >= 0.6 is 0 Å². The quantitative estimate of drug-likeness (QED) is 0.610. The first-order valence-electron chi connectivity index (χ1n) is 7.77. The summed E-state index contributed by atoms with van der Waals surface area (Å²) in [7, 11) is 0. The fraction of sp³-hybridized carbons (Fsp3) is 0.300. The summed E-state index contributed by atoms with van der Waals surface area (Å²) in [4.78, 5) is 23.2. The Morgan fingerprint density at radius 1 is 1.00 bits per heavy atom. The second-order valence-corrected chi connectivity index (χ2v) is 6.75. The largest absolute Gasteiger partial charge is 0.456 e. The zero-order valence-electron chi connectivity index (χ0n) is 14.4. The summed E-state index contributed by atoms with van der Waals surface area (Å²) in [5.74, 6) is -1.17. The van der Waals surface area contributed by atoms with Gasteiger partial charge in [-0.2, -0.15) is 0 Å². The van der Waals surface area contributed by atoms with E-state index in [4.69, 9.17) is 4.74 Å². The highest BCUT2D eigenvalue weighted by atomic mass is 19.1. The van der Waals surface area contributed by atoms with Crippen molar-refractivity contribution in [1.29, 1.82) is 0 Å². The van der Waals surface area contributed by atoms with Crippen molar-refractivity contribution in [2.75, 3.05) is 0 Å². The number of carbonyl (C=O) groups is 2. The van der Waals surface area contributed by atoms with Crippen molar-refractivity contribution in [1.82, 2.24) is 0 Å². The van der Waals surface area contributed by atoms with Gasteiger partial charge in [-0.3, -0.25) is 4.79 Å². The summed E-state index contributed by atoms with van der Waals surface area (Å²) >= 11 is 0. The van der Waals surface area contributed by atoms with Gasteiger partial charge in [0, 0.05) is 0 Å². The number of ketones is 1. The SMILES string of the molecule is CC(=O)c1ccc(Cc2ccc(C(=O)OC(C)(C)C)cc2)cc1F. The van der Waals surface area contributed by atoms with Crippen molar-refractivity contribution < 1.29 is 18.7 Å². The highest BCUT2D eigenvalue weighted by molar-refractivity contribution is 5.94. The average Bonchev–Trinajstić information content (AvgIpc) is 2.45. The third kappa shape index (κ3) is 4.75. The minimum Gasteiger partial charge on any atom is -0.456 e. The highest BCUT2D eigenvalue weighted by Gasteiger charge is 2.17. The molecule has 0 radical (unpaired) electrons. The summed E-state index contributed by atoms with van der Waals surface area (Å²) < 4.78 is 19.2. The van der Waals surface area contributed by atoms with Gasteiger partial charge in [0.2, 0.25) is 0 Å². The molecule has 2 aromatic carbocycles. The number of esters is 1. The number of rotatable bonds is 4. The molecule has 0 saturated carbocycles. The van der Waals surface area contributed by atoms with Crippen LogP contribution in [0.4, 0.5) is 4.39 Å². The number of hydrogen-bond donors (Lipinski definition) is 0. The third-order valence-electron chi connectivity index (χ3n) is 3.41. The lowest BCUT2D eigenvalue weighted by Crippen LogP contribution is -2.23. The molecule has 0 bridgehead atoms. The van der Waals surface area contributed by atoms with Crippen LogP contribution in [-0.4, -0.2) is 17.4 Å². The van der Waals surface area contributed by atoms with Crippen LogP contribution in [0.15, 0.2) is 42.5 Å². The minimum absolute atomic E-state index is 0.0963. The van der Waals surface area contributed by atoms with Crippen molar-refractivity contribution in [2.24, 2.45) is 0 Å². The molecule has 3 nitrogen and oxygen atoms in total. The molecule has 0 atom stereocenters. The van der Waals surface area contributed by atoms with Crippen LogP contribution in [0.25, 0.3) is 0 Å². The van der Waals surface area contributed by atoms with E-state index in [1.54, 1.807) is 18.2 Å². The van der Waals surface area contributed by atoms with Gasteiger partial charge >= 0.3 is 5.97 Å². The molecule has 126 valence electrons. The summed E-state index contributed by atoms with van der Waals surface area (Å²) in [6, 6.07) is 11.6. The van der Waals surface area contributed by atoms with Gasteiger partial charge in [-0.05, 0) is 69.5 Å². The average molecular weight is 328 g/mol. The first-order valence-corrected chi connectivity index (χ1v) is 7.77. The van der Waals surface area contributed by atoms with E-state index >= 15 is 0 Å². The van der Waals surface area contributed by atoms with Gasteiger partial charge in [0.05, 0.1) is 11.1 Å².